The van der Waals surface area contributed by atoms with E-state index in [0.29, 0.717) is 11.4 Å². The van der Waals surface area contributed by atoms with E-state index in [1.54, 1.807) is 12.1 Å². The third kappa shape index (κ3) is 5.48. The average molecular weight is 451 g/mol. The van der Waals surface area contributed by atoms with Gasteiger partial charge < -0.3 is 25.0 Å². The molecule has 1 aliphatic rings. The first kappa shape index (κ1) is 22.9. The predicted molar refractivity (Wildman–Crippen MR) is 110 cm³/mol. The van der Waals surface area contributed by atoms with Crippen molar-refractivity contribution in [3.8, 4) is 11.5 Å². The molecule has 0 saturated carbocycles. The van der Waals surface area contributed by atoms with Crippen LogP contribution in [0.5, 0.6) is 11.5 Å². The van der Waals surface area contributed by atoms with Crippen molar-refractivity contribution in [2.75, 3.05) is 29.2 Å². The van der Waals surface area contributed by atoms with Gasteiger partial charge in [-0.2, -0.15) is 0 Å². The highest BCUT2D eigenvalue weighted by Crippen LogP contribution is 2.32. The number of ether oxygens (including phenoxy) is 2. The minimum atomic E-state index is -4.86. The molecule has 1 saturated heterocycles. The van der Waals surface area contributed by atoms with Crippen LogP contribution >= 0.6 is 0 Å². The molecule has 0 aromatic heterocycles. The summed E-state index contributed by atoms with van der Waals surface area (Å²) in [5.41, 5.74) is 0.877. The Bertz CT molecular complexity index is 1040. The van der Waals surface area contributed by atoms with Crippen LogP contribution in [0.15, 0.2) is 42.5 Å². The Kier molecular flexibility index (Phi) is 6.56. The molecule has 2 aromatic carbocycles. The molecular formula is C21H20F3N3O5. The quantitative estimate of drug-likeness (QED) is 0.655. The van der Waals surface area contributed by atoms with Gasteiger partial charge in [-0.25, -0.2) is 0 Å². The van der Waals surface area contributed by atoms with Crippen molar-refractivity contribution in [1.29, 1.82) is 0 Å². The number of carbonyl (C=O) groups is 3. The number of halogens is 3. The van der Waals surface area contributed by atoms with Crippen molar-refractivity contribution in [3.63, 3.8) is 0 Å². The zero-order valence-electron chi connectivity index (χ0n) is 17.2. The van der Waals surface area contributed by atoms with Crippen LogP contribution in [-0.4, -0.2) is 37.7 Å². The van der Waals surface area contributed by atoms with Crippen LogP contribution in [0.4, 0.5) is 30.2 Å². The number of nitrogens with one attached hydrogen (secondary N) is 2. The van der Waals surface area contributed by atoms with Gasteiger partial charge in [0.15, 0.2) is 0 Å². The van der Waals surface area contributed by atoms with E-state index in [9.17, 15) is 27.6 Å². The predicted octanol–water partition coefficient (Wildman–Crippen LogP) is 3.54. The standard InChI is InChI=1S/C21H20F3N3O5/c1-12(28)25-13-6-7-18(31-2)17(10-13)26-19(29)16-8-9-27(20(16)30)14-4-3-5-15(11-14)32-21(22,23)24/h3-7,10-11,16H,8-9H2,1-2H3,(H,25,28)(H,26,29). The number of hydrogen-bond donors (Lipinski definition) is 2. The average Bonchev–Trinajstić information content (AvgIpc) is 3.08. The van der Waals surface area contributed by atoms with Crippen molar-refractivity contribution >= 4 is 34.8 Å². The van der Waals surface area contributed by atoms with Crippen LogP contribution in [-0.2, 0) is 14.4 Å². The van der Waals surface area contributed by atoms with Crippen LogP contribution in [0.25, 0.3) is 0 Å². The Balaban J connectivity index is 1.74. The van der Waals surface area contributed by atoms with Crippen molar-refractivity contribution < 1.29 is 37.0 Å². The maximum absolute atomic E-state index is 12.8. The molecule has 1 aliphatic heterocycles. The van der Waals surface area contributed by atoms with E-state index in [1.165, 1.54) is 37.1 Å². The first-order valence-corrected chi connectivity index (χ1v) is 9.51. The first-order valence-electron chi connectivity index (χ1n) is 9.51. The normalized spacial score (nSPS) is 16.0. The molecule has 0 spiro atoms. The summed E-state index contributed by atoms with van der Waals surface area (Å²) in [5.74, 6) is -2.63. The van der Waals surface area contributed by atoms with E-state index in [0.717, 1.165) is 12.1 Å². The Morgan fingerprint density at radius 1 is 1.12 bits per heavy atom. The number of anilines is 3. The number of rotatable bonds is 6. The molecule has 3 rings (SSSR count). The molecule has 8 nitrogen and oxygen atoms in total. The van der Waals surface area contributed by atoms with Gasteiger partial charge in [-0.3, -0.25) is 14.4 Å². The smallest absolute Gasteiger partial charge is 0.495 e. The van der Waals surface area contributed by atoms with Gasteiger partial charge in [0, 0.05) is 30.9 Å². The molecular weight excluding hydrogens is 431 g/mol. The summed E-state index contributed by atoms with van der Waals surface area (Å²) in [6.07, 6.45) is -4.69. The van der Waals surface area contributed by atoms with Gasteiger partial charge in [0.1, 0.15) is 17.4 Å². The molecule has 0 radical (unpaired) electrons. The summed E-state index contributed by atoms with van der Waals surface area (Å²) in [6, 6.07) is 9.63. The number of hydrogen-bond acceptors (Lipinski definition) is 5. The van der Waals surface area contributed by atoms with Gasteiger partial charge in [0.25, 0.3) is 0 Å². The molecule has 1 unspecified atom stereocenters. The van der Waals surface area contributed by atoms with Crippen LogP contribution in [0, 0.1) is 5.92 Å². The van der Waals surface area contributed by atoms with E-state index in [4.69, 9.17) is 4.74 Å². The molecule has 2 aromatic rings. The number of nitrogens with zero attached hydrogens (tertiary/aromatic N) is 1. The fourth-order valence-corrected chi connectivity index (χ4v) is 3.33. The maximum Gasteiger partial charge on any atom is 0.573 e. The number of carbonyl (C=O) groups excluding carboxylic acids is 3. The summed E-state index contributed by atoms with van der Waals surface area (Å²) in [7, 11) is 1.40. The van der Waals surface area contributed by atoms with Gasteiger partial charge in [-0.05, 0) is 36.8 Å². The summed E-state index contributed by atoms with van der Waals surface area (Å²) in [6.45, 7) is 1.48. The lowest BCUT2D eigenvalue weighted by molar-refractivity contribution is -0.274. The van der Waals surface area contributed by atoms with E-state index < -0.39 is 29.8 Å². The highest BCUT2D eigenvalue weighted by molar-refractivity contribution is 6.13. The van der Waals surface area contributed by atoms with Gasteiger partial charge >= 0.3 is 6.36 Å². The van der Waals surface area contributed by atoms with E-state index >= 15 is 0 Å². The second-order valence-electron chi connectivity index (χ2n) is 6.96. The molecule has 1 heterocycles. The Morgan fingerprint density at radius 3 is 2.53 bits per heavy atom. The largest absolute Gasteiger partial charge is 0.573 e. The van der Waals surface area contributed by atoms with Gasteiger partial charge in [0.2, 0.25) is 17.7 Å². The Morgan fingerprint density at radius 2 is 1.88 bits per heavy atom. The first-order chi connectivity index (χ1) is 15.1. The number of amides is 3. The van der Waals surface area contributed by atoms with Crippen molar-refractivity contribution in [2.24, 2.45) is 5.92 Å². The highest BCUT2D eigenvalue weighted by Gasteiger charge is 2.38. The van der Waals surface area contributed by atoms with Crippen LogP contribution in [0.3, 0.4) is 0 Å². The van der Waals surface area contributed by atoms with Gasteiger partial charge in [0.05, 0.1) is 12.8 Å². The molecule has 2 N–H and O–H groups in total. The van der Waals surface area contributed by atoms with Crippen molar-refractivity contribution in [3.05, 3.63) is 42.5 Å². The fraction of sp³-hybridized carbons (Fsp3) is 0.286. The second kappa shape index (κ2) is 9.16. The van der Waals surface area contributed by atoms with Crippen molar-refractivity contribution in [2.45, 2.75) is 19.7 Å². The molecule has 0 bridgehead atoms. The van der Waals surface area contributed by atoms with Gasteiger partial charge in [-0.1, -0.05) is 6.07 Å². The van der Waals surface area contributed by atoms with E-state index in [2.05, 4.69) is 15.4 Å². The third-order valence-corrected chi connectivity index (χ3v) is 4.66. The zero-order valence-corrected chi connectivity index (χ0v) is 17.2. The molecule has 11 heteroatoms. The van der Waals surface area contributed by atoms with Gasteiger partial charge in [-0.15, -0.1) is 13.2 Å². The minimum Gasteiger partial charge on any atom is -0.495 e. The SMILES string of the molecule is COc1ccc(NC(C)=O)cc1NC(=O)C1CCN(c2cccc(OC(F)(F)F)c2)C1=O. The van der Waals surface area contributed by atoms with Crippen LogP contribution in [0.1, 0.15) is 13.3 Å². The highest BCUT2D eigenvalue weighted by atomic mass is 19.4. The second-order valence-corrected chi connectivity index (χ2v) is 6.96. The fourth-order valence-electron chi connectivity index (χ4n) is 3.33. The molecule has 3 amide bonds. The molecule has 1 fully saturated rings. The van der Waals surface area contributed by atoms with Crippen LogP contribution in [0.2, 0.25) is 0 Å². The zero-order chi connectivity index (χ0) is 23.5. The maximum atomic E-state index is 12.8. The van der Waals surface area contributed by atoms with E-state index in [1.807, 2.05) is 0 Å². The number of methoxy groups -OCH3 is 1. The molecule has 32 heavy (non-hydrogen) atoms. The van der Waals surface area contributed by atoms with E-state index in [-0.39, 0.29) is 30.2 Å². The lowest BCUT2D eigenvalue weighted by atomic mass is 10.1. The minimum absolute atomic E-state index is 0.148. The number of alkyl halides is 3. The number of benzene rings is 2. The Labute approximate surface area is 181 Å². The summed E-state index contributed by atoms with van der Waals surface area (Å²) in [5, 5.41) is 5.21. The van der Waals surface area contributed by atoms with Crippen molar-refractivity contribution in [1.82, 2.24) is 0 Å². The topological polar surface area (TPSA) is 97.0 Å². The molecule has 0 aliphatic carbocycles. The summed E-state index contributed by atoms with van der Waals surface area (Å²) < 4.78 is 46.5. The summed E-state index contributed by atoms with van der Waals surface area (Å²) in [4.78, 5) is 38.1. The lowest BCUT2D eigenvalue weighted by Gasteiger charge is -2.18. The Hall–Kier alpha value is -3.76. The molecule has 170 valence electrons. The summed E-state index contributed by atoms with van der Waals surface area (Å²) >= 11 is 0. The third-order valence-electron chi connectivity index (χ3n) is 4.66. The monoisotopic (exact) mass is 451 g/mol. The van der Waals surface area contributed by atoms with Crippen LogP contribution < -0.4 is 25.0 Å². The lowest BCUT2D eigenvalue weighted by Crippen LogP contribution is -2.33. The molecule has 1 atom stereocenters.